The van der Waals surface area contributed by atoms with Gasteiger partial charge in [-0.1, -0.05) is 5.92 Å². The minimum absolute atomic E-state index is 0.627. The normalized spacial score (nSPS) is 32.4. The van der Waals surface area contributed by atoms with Gasteiger partial charge < -0.3 is 20.7 Å². The topological polar surface area (TPSA) is 131 Å². The molecule has 1 aliphatic rings. The third-order valence-electron chi connectivity index (χ3n) is 3.49. The molecule has 5 atom stereocenters. The molecule has 0 radical (unpaired) electrons. The second kappa shape index (κ2) is 5.66. The molecule has 2 heterocycles. The number of aromatic amines is 1. The number of rotatable bonds is 2. The van der Waals surface area contributed by atoms with E-state index >= 15 is 0 Å². The molecule has 120 valence electrons. The smallest absolute Gasteiger partial charge is 0.330 e. The number of nitrogens with one attached hydrogen (secondary N) is 1. The predicted molar refractivity (Wildman–Crippen MR) is 73.2 cm³/mol. The highest BCUT2D eigenvalue weighted by molar-refractivity contribution is 5.25. The standard InChI is InChI=1S/C13H16FN3O5/c1-3-4-13(15)9(19)8(6(2)18)22-11(13)17-5-7(14)10(20)16-12(17)21/h5-6,8-9,11,18-19H,15H2,1-2H3,(H,16,20,21)/t6-,8-,9+,11-,13?/m1/s1. The molecule has 5 N–H and O–H groups in total. The fraction of sp³-hybridized carbons (Fsp3) is 0.538. The monoisotopic (exact) mass is 313 g/mol. The van der Waals surface area contributed by atoms with Crippen LogP contribution in [-0.2, 0) is 4.74 Å². The van der Waals surface area contributed by atoms with Gasteiger partial charge in [0.2, 0.25) is 5.82 Å². The summed E-state index contributed by atoms with van der Waals surface area (Å²) in [5.41, 5.74) is 2.13. The average Bonchev–Trinajstić information content (AvgIpc) is 2.68. The van der Waals surface area contributed by atoms with Crippen LogP contribution in [0.5, 0.6) is 0 Å². The van der Waals surface area contributed by atoms with E-state index in [1.165, 1.54) is 13.8 Å². The number of nitrogens with two attached hydrogens (primary N) is 1. The molecule has 1 aliphatic heterocycles. The lowest BCUT2D eigenvalue weighted by Gasteiger charge is -2.27. The molecule has 22 heavy (non-hydrogen) atoms. The van der Waals surface area contributed by atoms with Crippen LogP contribution in [0.4, 0.5) is 4.39 Å². The van der Waals surface area contributed by atoms with E-state index in [1.54, 1.807) is 4.98 Å². The van der Waals surface area contributed by atoms with Crippen LogP contribution < -0.4 is 17.0 Å². The molecule has 0 bridgehead atoms. The Kier molecular flexibility index (Phi) is 4.21. The van der Waals surface area contributed by atoms with Crippen LogP contribution in [0.2, 0.25) is 0 Å². The number of aromatic nitrogens is 2. The number of H-pyrrole nitrogens is 1. The quantitative estimate of drug-likeness (QED) is 0.469. The number of aliphatic hydroxyl groups excluding tert-OH is 2. The van der Waals surface area contributed by atoms with Crippen molar-refractivity contribution < 1.29 is 19.3 Å². The molecule has 1 aromatic rings. The fourth-order valence-corrected chi connectivity index (χ4v) is 2.41. The number of aliphatic hydroxyl groups is 2. The number of hydrogen-bond donors (Lipinski definition) is 4. The maximum Gasteiger partial charge on any atom is 0.330 e. The van der Waals surface area contributed by atoms with Gasteiger partial charge in [-0.25, -0.2) is 4.79 Å². The minimum atomic E-state index is -1.76. The van der Waals surface area contributed by atoms with Gasteiger partial charge in [-0.15, -0.1) is 5.92 Å². The molecule has 1 saturated heterocycles. The Bertz CT molecular complexity index is 747. The highest BCUT2D eigenvalue weighted by Gasteiger charge is 2.55. The van der Waals surface area contributed by atoms with Gasteiger partial charge in [0.1, 0.15) is 12.2 Å². The molecule has 0 aliphatic carbocycles. The molecule has 0 spiro atoms. The summed E-state index contributed by atoms with van der Waals surface area (Å²) in [5.74, 6) is 3.82. The van der Waals surface area contributed by atoms with Gasteiger partial charge in [0.15, 0.2) is 11.8 Å². The van der Waals surface area contributed by atoms with E-state index in [0.29, 0.717) is 10.8 Å². The van der Waals surface area contributed by atoms with Gasteiger partial charge in [0, 0.05) is 0 Å². The maximum atomic E-state index is 13.5. The van der Waals surface area contributed by atoms with Crippen molar-refractivity contribution in [3.63, 3.8) is 0 Å². The van der Waals surface area contributed by atoms with E-state index in [9.17, 15) is 24.2 Å². The van der Waals surface area contributed by atoms with E-state index in [2.05, 4.69) is 11.8 Å². The first-order valence-electron chi connectivity index (χ1n) is 6.47. The summed E-state index contributed by atoms with van der Waals surface area (Å²) < 4.78 is 19.6. The summed E-state index contributed by atoms with van der Waals surface area (Å²) >= 11 is 0. The molecule has 2 rings (SSSR count). The largest absolute Gasteiger partial charge is 0.391 e. The zero-order valence-electron chi connectivity index (χ0n) is 11.9. The molecule has 1 aromatic heterocycles. The fourth-order valence-electron chi connectivity index (χ4n) is 2.41. The molecule has 1 fully saturated rings. The Hall–Kier alpha value is -1.99. The second-order valence-electron chi connectivity index (χ2n) is 5.09. The molecule has 1 unspecified atom stereocenters. The molecule has 0 amide bonds. The van der Waals surface area contributed by atoms with Crippen LogP contribution >= 0.6 is 0 Å². The SMILES string of the molecule is CC#CC1(N)[C@@H](O)[C@@H]([C@@H](C)O)O[C@H]1n1cc(F)c(=O)[nH]c1=O. The summed E-state index contributed by atoms with van der Waals surface area (Å²) in [6.45, 7) is 2.83. The Morgan fingerprint density at radius 1 is 1.59 bits per heavy atom. The van der Waals surface area contributed by atoms with Gasteiger partial charge in [0.25, 0.3) is 5.56 Å². The third-order valence-corrected chi connectivity index (χ3v) is 3.49. The number of halogens is 1. The maximum absolute atomic E-state index is 13.5. The zero-order chi connectivity index (χ0) is 16.7. The summed E-state index contributed by atoms with van der Waals surface area (Å²) in [4.78, 5) is 24.7. The van der Waals surface area contributed by atoms with Gasteiger partial charge in [-0.2, -0.15) is 4.39 Å². The molecule has 8 nitrogen and oxygen atoms in total. The first kappa shape index (κ1) is 16.4. The summed E-state index contributed by atoms with van der Waals surface area (Å²) in [5, 5.41) is 19.9. The second-order valence-corrected chi connectivity index (χ2v) is 5.09. The van der Waals surface area contributed by atoms with Crippen molar-refractivity contribution in [1.82, 2.24) is 9.55 Å². The zero-order valence-corrected chi connectivity index (χ0v) is 11.9. The number of ether oxygens (including phenoxy) is 1. The number of hydrogen-bond acceptors (Lipinski definition) is 6. The van der Waals surface area contributed by atoms with Gasteiger partial charge in [-0.05, 0) is 13.8 Å². The van der Waals surface area contributed by atoms with E-state index in [4.69, 9.17) is 10.5 Å². The Morgan fingerprint density at radius 3 is 2.77 bits per heavy atom. The number of nitrogens with zero attached hydrogens (tertiary/aromatic N) is 1. The summed E-state index contributed by atoms with van der Waals surface area (Å²) in [6.07, 6.45) is -4.41. The molecule has 0 aromatic carbocycles. The van der Waals surface area contributed by atoms with Crippen molar-refractivity contribution in [2.75, 3.05) is 0 Å². The van der Waals surface area contributed by atoms with Crippen molar-refractivity contribution >= 4 is 0 Å². The Labute approximate surface area is 124 Å². The van der Waals surface area contributed by atoms with Crippen LogP contribution in [-0.4, -0.2) is 43.6 Å². The van der Waals surface area contributed by atoms with Gasteiger partial charge >= 0.3 is 5.69 Å². The van der Waals surface area contributed by atoms with Crippen LogP contribution in [0.15, 0.2) is 15.8 Å². The van der Waals surface area contributed by atoms with E-state index in [0.717, 1.165) is 0 Å². The first-order valence-corrected chi connectivity index (χ1v) is 6.47. The Balaban J connectivity index is 2.61. The lowest BCUT2D eigenvalue weighted by atomic mass is 9.90. The predicted octanol–water partition coefficient (Wildman–Crippen LogP) is -1.96. The lowest BCUT2D eigenvalue weighted by Crippen LogP contribution is -2.55. The molecule has 9 heteroatoms. The molecule has 0 saturated carbocycles. The summed E-state index contributed by atoms with van der Waals surface area (Å²) in [6, 6.07) is 0. The van der Waals surface area contributed by atoms with Crippen LogP contribution in [0.1, 0.15) is 20.1 Å². The summed E-state index contributed by atoms with van der Waals surface area (Å²) in [7, 11) is 0. The van der Waals surface area contributed by atoms with Crippen LogP contribution in [0, 0.1) is 17.7 Å². The van der Waals surface area contributed by atoms with Gasteiger partial charge in [-0.3, -0.25) is 14.3 Å². The van der Waals surface area contributed by atoms with E-state index < -0.39 is 47.1 Å². The van der Waals surface area contributed by atoms with E-state index in [-0.39, 0.29) is 0 Å². The van der Waals surface area contributed by atoms with Crippen LogP contribution in [0.25, 0.3) is 0 Å². The van der Waals surface area contributed by atoms with Gasteiger partial charge in [0.05, 0.1) is 12.3 Å². The van der Waals surface area contributed by atoms with Crippen molar-refractivity contribution in [2.24, 2.45) is 5.73 Å². The van der Waals surface area contributed by atoms with Crippen LogP contribution in [0.3, 0.4) is 0 Å². The minimum Gasteiger partial charge on any atom is -0.391 e. The highest BCUT2D eigenvalue weighted by atomic mass is 19.1. The highest BCUT2D eigenvalue weighted by Crippen LogP contribution is 2.36. The lowest BCUT2D eigenvalue weighted by molar-refractivity contribution is -0.0781. The van der Waals surface area contributed by atoms with Crippen molar-refractivity contribution in [3.8, 4) is 11.8 Å². The van der Waals surface area contributed by atoms with Crippen molar-refractivity contribution in [2.45, 2.75) is 43.9 Å². The average molecular weight is 313 g/mol. The first-order chi connectivity index (χ1) is 10.2. The third kappa shape index (κ3) is 2.46. The molecular formula is C13H16FN3O5. The Morgan fingerprint density at radius 2 is 2.23 bits per heavy atom. The molecular weight excluding hydrogens is 297 g/mol. The van der Waals surface area contributed by atoms with Crippen molar-refractivity contribution in [3.05, 3.63) is 32.9 Å². The van der Waals surface area contributed by atoms with E-state index in [1.807, 2.05) is 0 Å². The van der Waals surface area contributed by atoms with Crippen molar-refractivity contribution in [1.29, 1.82) is 0 Å².